The predicted molar refractivity (Wildman–Crippen MR) is 108 cm³/mol. The molecule has 3 aromatic rings. The molecule has 2 aromatic carbocycles. The summed E-state index contributed by atoms with van der Waals surface area (Å²) < 4.78 is 10.5. The quantitative estimate of drug-likeness (QED) is 0.557. The second-order valence-corrected chi connectivity index (χ2v) is 7.07. The number of aromatic nitrogens is 2. The van der Waals surface area contributed by atoms with Crippen LogP contribution in [-0.4, -0.2) is 35.1 Å². The Kier molecular flexibility index (Phi) is 6.54. The van der Waals surface area contributed by atoms with Crippen molar-refractivity contribution in [3.05, 3.63) is 64.0 Å². The van der Waals surface area contributed by atoms with Crippen LogP contribution in [-0.2, 0) is 17.8 Å². The average molecular weight is 420 g/mol. The number of methoxy groups -OCH3 is 1. The molecule has 0 spiro atoms. The van der Waals surface area contributed by atoms with Crippen molar-refractivity contribution in [1.82, 2.24) is 15.0 Å². The van der Waals surface area contributed by atoms with Crippen LogP contribution in [0, 0.1) is 0 Å². The first-order valence-corrected chi connectivity index (χ1v) is 9.37. The van der Waals surface area contributed by atoms with Crippen molar-refractivity contribution in [2.24, 2.45) is 0 Å². The number of hydrogen-bond donors (Lipinski definition) is 0. The van der Waals surface area contributed by atoms with Gasteiger partial charge in [0.25, 0.3) is 0 Å². The molecule has 0 unspecified atom stereocenters. The van der Waals surface area contributed by atoms with Gasteiger partial charge in [0.2, 0.25) is 17.6 Å². The van der Waals surface area contributed by atoms with Gasteiger partial charge in [-0.25, -0.2) is 0 Å². The van der Waals surface area contributed by atoms with E-state index in [0.29, 0.717) is 40.4 Å². The molecule has 1 amide bonds. The maximum Gasteiger partial charge on any atom is 0.246 e. The van der Waals surface area contributed by atoms with Crippen LogP contribution >= 0.6 is 23.2 Å². The second kappa shape index (κ2) is 9.08. The van der Waals surface area contributed by atoms with E-state index in [2.05, 4.69) is 10.1 Å². The lowest BCUT2D eigenvalue weighted by molar-refractivity contribution is -0.130. The summed E-state index contributed by atoms with van der Waals surface area (Å²) in [6.45, 7) is 0.226. The minimum Gasteiger partial charge on any atom is -0.497 e. The summed E-state index contributed by atoms with van der Waals surface area (Å²) in [5, 5.41) is 5.11. The maximum atomic E-state index is 12.4. The number of carbonyl (C=O) groups is 1. The highest BCUT2D eigenvalue weighted by atomic mass is 35.5. The first-order valence-electron chi connectivity index (χ1n) is 8.61. The Balaban J connectivity index is 1.59. The van der Waals surface area contributed by atoms with Crippen molar-refractivity contribution >= 4 is 29.1 Å². The molecule has 0 aliphatic rings. The Morgan fingerprint density at radius 2 is 2.04 bits per heavy atom. The van der Waals surface area contributed by atoms with E-state index in [1.165, 1.54) is 0 Å². The molecule has 0 N–H and O–H groups in total. The molecule has 0 bridgehead atoms. The fourth-order valence-corrected chi connectivity index (χ4v) is 3.15. The first kappa shape index (κ1) is 20.2. The predicted octanol–water partition coefficient (Wildman–Crippen LogP) is 4.64. The van der Waals surface area contributed by atoms with E-state index in [0.717, 1.165) is 11.1 Å². The smallest absolute Gasteiger partial charge is 0.246 e. The highest BCUT2D eigenvalue weighted by Gasteiger charge is 2.15. The van der Waals surface area contributed by atoms with Crippen molar-refractivity contribution in [1.29, 1.82) is 0 Å². The first-order chi connectivity index (χ1) is 13.5. The van der Waals surface area contributed by atoms with Crippen LogP contribution in [0.4, 0.5) is 0 Å². The fourth-order valence-electron chi connectivity index (χ4n) is 2.65. The van der Waals surface area contributed by atoms with Gasteiger partial charge in [0.05, 0.1) is 13.7 Å². The van der Waals surface area contributed by atoms with Crippen molar-refractivity contribution in [2.45, 2.75) is 19.4 Å². The van der Waals surface area contributed by atoms with Gasteiger partial charge in [0.15, 0.2) is 0 Å². The molecule has 6 nitrogen and oxygen atoms in total. The topological polar surface area (TPSA) is 68.5 Å². The molecule has 8 heteroatoms. The van der Waals surface area contributed by atoms with Gasteiger partial charge in [-0.2, -0.15) is 4.98 Å². The molecule has 0 saturated carbocycles. The lowest BCUT2D eigenvalue weighted by Gasteiger charge is -2.15. The van der Waals surface area contributed by atoms with Crippen LogP contribution in [0.1, 0.15) is 17.9 Å². The van der Waals surface area contributed by atoms with Gasteiger partial charge in [-0.15, -0.1) is 0 Å². The Hall–Kier alpha value is -2.57. The zero-order valence-corrected chi connectivity index (χ0v) is 17.0. The van der Waals surface area contributed by atoms with Crippen molar-refractivity contribution in [3.63, 3.8) is 0 Å². The monoisotopic (exact) mass is 419 g/mol. The lowest BCUT2D eigenvalue weighted by Crippen LogP contribution is -2.26. The number of nitrogens with zero attached hydrogens (tertiary/aromatic N) is 3. The van der Waals surface area contributed by atoms with E-state index in [1.807, 2.05) is 30.3 Å². The molecular weight excluding hydrogens is 401 g/mol. The molecule has 0 aliphatic heterocycles. The van der Waals surface area contributed by atoms with E-state index in [-0.39, 0.29) is 12.5 Å². The molecule has 1 aromatic heterocycles. The standard InChI is InChI=1S/C20H19Cl2N3O3/c1-25(19(26)9-7-13-6-8-15(21)11-17(13)22)12-18-23-20(24-28-18)14-4-3-5-16(10-14)27-2/h3-6,8,10-11H,7,9,12H2,1-2H3. The summed E-state index contributed by atoms with van der Waals surface area (Å²) >= 11 is 12.0. The molecule has 0 aliphatic carbocycles. The fraction of sp³-hybridized carbons (Fsp3) is 0.250. The zero-order chi connectivity index (χ0) is 20.1. The van der Waals surface area contributed by atoms with Gasteiger partial charge < -0.3 is 14.2 Å². The van der Waals surface area contributed by atoms with Crippen molar-refractivity contribution < 1.29 is 14.1 Å². The molecule has 1 heterocycles. The number of rotatable bonds is 7. The van der Waals surface area contributed by atoms with Gasteiger partial charge in [0, 0.05) is 29.1 Å². The SMILES string of the molecule is COc1cccc(-c2noc(CN(C)C(=O)CCc3ccc(Cl)cc3Cl)n2)c1. The number of ether oxygens (including phenoxy) is 1. The van der Waals surface area contributed by atoms with Crippen LogP contribution in [0.15, 0.2) is 47.0 Å². The number of hydrogen-bond acceptors (Lipinski definition) is 5. The molecule has 0 radical (unpaired) electrons. The van der Waals surface area contributed by atoms with E-state index >= 15 is 0 Å². The highest BCUT2D eigenvalue weighted by molar-refractivity contribution is 6.35. The molecule has 0 saturated heterocycles. The number of aryl methyl sites for hydroxylation is 1. The van der Waals surface area contributed by atoms with Crippen LogP contribution in [0.5, 0.6) is 5.75 Å². The summed E-state index contributed by atoms with van der Waals surface area (Å²) in [7, 11) is 3.29. The molecule has 146 valence electrons. The van der Waals surface area contributed by atoms with Crippen LogP contribution in [0.2, 0.25) is 10.0 Å². The summed E-state index contributed by atoms with van der Waals surface area (Å²) in [6.07, 6.45) is 0.840. The normalized spacial score (nSPS) is 10.7. The third-order valence-electron chi connectivity index (χ3n) is 4.22. The summed E-state index contributed by atoms with van der Waals surface area (Å²) in [6, 6.07) is 12.6. The summed E-state index contributed by atoms with van der Waals surface area (Å²) in [5.41, 5.74) is 1.66. The summed E-state index contributed by atoms with van der Waals surface area (Å²) in [4.78, 5) is 18.3. The number of benzene rings is 2. The van der Waals surface area contributed by atoms with E-state index < -0.39 is 0 Å². The van der Waals surface area contributed by atoms with Crippen molar-refractivity contribution in [3.8, 4) is 17.1 Å². The zero-order valence-electron chi connectivity index (χ0n) is 15.5. The Morgan fingerprint density at radius 3 is 2.79 bits per heavy atom. The minimum atomic E-state index is -0.0489. The average Bonchev–Trinajstić information content (AvgIpc) is 3.15. The van der Waals surface area contributed by atoms with E-state index in [9.17, 15) is 4.79 Å². The minimum absolute atomic E-state index is 0.0489. The second-order valence-electron chi connectivity index (χ2n) is 6.23. The van der Waals surface area contributed by atoms with E-state index in [4.69, 9.17) is 32.5 Å². The molecule has 28 heavy (non-hydrogen) atoms. The lowest BCUT2D eigenvalue weighted by atomic mass is 10.1. The van der Waals surface area contributed by atoms with Gasteiger partial charge >= 0.3 is 0 Å². The van der Waals surface area contributed by atoms with Crippen LogP contribution < -0.4 is 4.74 Å². The van der Waals surface area contributed by atoms with Gasteiger partial charge in [-0.3, -0.25) is 4.79 Å². The molecule has 3 rings (SSSR count). The van der Waals surface area contributed by atoms with Gasteiger partial charge in [-0.05, 0) is 36.2 Å². The molecule has 0 fully saturated rings. The number of halogens is 2. The van der Waals surface area contributed by atoms with Crippen LogP contribution in [0.25, 0.3) is 11.4 Å². The Morgan fingerprint density at radius 1 is 1.21 bits per heavy atom. The van der Waals surface area contributed by atoms with Gasteiger partial charge in [0.1, 0.15) is 5.75 Å². The number of carbonyl (C=O) groups excluding carboxylic acids is 1. The van der Waals surface area contributed by atoms with Gasteiger partial charge in [-0.1, -0.05) is 46.6 Å². The Labute approximate surface area is 173 Å². The van der Waals surface area contributed by atoms with E-state index in [1.54, 1.807) is 31.2 Å². The highest BCUT2D eigenvalue weighted by Crippen LogP contribution is 2.23. The molecule has 0 atom stereocenters. The third kappa shape index (κ3) is 5.03. The summed E-state index contributed by atoms with van der Waals surface area (Å²) in [5.74, 6) is 1.46. The Bertz CT molecular complexity index is 975. The largest absolute Gasteiger partial charge is 0.497 e. The third-order valence-corrected chi connectivity index (χ3v) is 4.80. The maximum absolute atomic E-state index is 12.4. The van der Waals surface area contributed by atoms with Crippen LogP contribution in [0.3, 0.4) is 0 Å². The number of amides is 1. The van der Waals surface area contributed by atoms with Crippen molar-refractivity contribution in [2.75, 3.05) is 14.2 Å². The molecular formula is C20H19Cl2N3O3.